The highest BCUT2D eigenvalue weighted by Gasteiger charge is 2.46. The van der Waals surface area contributed by atoms with Crippen molar-refractivity contribution >= 4 is 23.2 Å². The number of nitrogens with one attached hydrogen (secondary N) is 1. The van der Waals surface area contributed by atoms with E-state index in [1.807, 2.05) is 18.7 Å². The summed E-state index contributed by atoms with van der Waals surface area (Å²) >= 11 is 0. The van der Waals surface area contributed by atoms with Crippen molar-refractivity contribution in [2.75, 3.05) is 43.2 Å². The lowest BCUT2D eigenvalue weighted by molar-refractivity contribution is -0.122. The summed E-state index contributed by atoms with van der Waals surface area (Å²) < 4.78 is 69.1. The molecule has 1 spiro atoms. The third kappa shape index (κ3) is 7.04. The van der Waals surface area contributed by atoms with E-state index in [0.717, 1.165) is 23.3 Å². The quantitative estimate of drug-likeness (QED) is 0.201. The van der Waals surface area contributed by atoms with Crippen molar-refractivity contribution in [3.63, 3.8) is 0 Å². The van der Waals surface area contributed by atoms with Crippen molar-refractivity contribution in [1.29, 1.82) is 0 Å². The average Bonchev–Trinajstić information content (AvgIpc) is 3.33. The van der Waals surface area contributed by atoms with Gasteiger partial charge in [0.1, 0.15) is 23.0 Å². The minimum absolute atomic E-state index is 0.161. The van der Waals surface area contributed by atoms with E-state index in [4.69, 9.17) is 9.47 Å². The number of piperidine rings is 1. The van der Waals surface area contributed by atoms with Crippen molar-refractivity contribution < 1.29 is 36.6 Å². The zero-order valence-electron chi connectivity index (χ0n) is 28.0. The average molecular weight is 680 g/mol. The van der Waals surface area contributed by atoms with Crippen LogP contribution in [0.3, 0.4) is 0 Å². The number of ether oxygens (including phenoxy) is 2. The topological polar surface area (TPSA) is 71.1 Å². The molecule has 3 aromatic rings. The van der Waals surface area contributed by atoms with Gasteiger partial charge in [-0.15, -0.1) is 0 Å². The van der Waals surface area contributed by atoms with Gasteiger partial charge in [-0.25, -0.2) is 17.6 Å². The van der Waals surface area contributed by atoms with Gasteiger partial charge < -0.3 is 24.6 Å². The number of carbonyl (C=O) groups is 2. The number of halogens is 4. The molecular weight excluding hydrogens is 638 g/mol. The summed E-state index contributed by atoms with van der Waals surface area (Å²) in [5.41, 5.74) is 1.99. The van der Waals surface area contributed by atoms with Crippen LogP contribution in [0.15, 0.2) is 61.2 Å². The van der Waals surface area contributed by atoms with Crippen LogP contribution < -0.4 is 19.9 Å². The molecule has 1 fully saturated rings. The van der Waals surface area contributed by atoms with Crippen LogP contribution in [-0.2, 0) is 26.2 Å². The lowest BCUT2D eigenvalue weighted by Crippen LogP contribution is -2.49. The van der Waals surface area contributed by atoms with Crippen molar-refractivity contribution in [2.45, 2.75) is 68.9 Å². The molecule has 3 aromatic carbocycles. The first-order valence-electron chi connectivity index (χ1n) is 16.5. The summed E-state index contributed by atoms with van der Waals surface area (Å²) in [5.74, 6) is -3.02. The van der Waals surface area contributed by atoms with Crippen LogP contribution in [0.25, 0.3) is 0 Å². The van der Waals surface area contributed by atoms with Gasteiger partial charge in [0.05, 0.1) is 30.6 Å². The van der Waals surface area contributed by atoms with E-state index in [0.29, 0.717) is 55.0 Å². The maximum atomic E-state index is 15.7. The Kier molecular flexibility index (Phi) is 9.50. The van der Waals surface area contributed by atoms with Crippen LogP contribution >= 0.6 is 0 Å². The molecule has 7 nitrogen and oxygen atoms in total. The number of hydrogen-bond donors (Lipinski definition) is 1. The molecule has 2 amide bonds. The Morgan fingerprint density at radius 1 is 1.02 bits per heavy atom. The van der Waals surface area contributed by atoms with E-state index >= 15 is 4.39 Å². The summed E-state index contributed by atoms with van der Waals surface area (Å²) in [4.78, 5) is 29.4. The standard InChI is InChI=1S/C38H41F4N3O4/c1-5-36(47)45-22-37(2,3)49-34-19-32(31(42)18-33(34)45)44-12-10-38(11-13-44)20-24(27-8-7-25(39)17-28(27)38)16-35(46)43-26(21-48-4)14-23-6-9-29(40)30(41)15-23/h5-9,15,17-19,24,26H,1,10-14,16,20-22H2,2-4H3,(H,43,46)/t24-,26-/m1/s1. The highest BCUT2D eigenvalue weighted by atomic mass is 19.2. The van der Waals surface area contributed by atoms with E-state index in [-0.39, 0.29) is 49.5 Å². The van der Waals surface area contributed by atoms with E-state index in [1.54, 1.807) is 18.2 Å². The number of benzene rings is 3. The summed E-state index contributed by atoms with van der Waals surface area (Å²) in [6, 6.07) is 10.9. The van der Waals surface area contributed by atoms with E-state index < -0.39 is 34.5 Å². The molecule has 260 valence electrons. The Hall–Kier alpha value is -4.38. The minimum Gasteiger partial charge on any atom is -0.484 e. The molecule has 6 rings (SSSR count). The Morgan fingerprint density at radius 2 is 1.78 bits per heavy atom. The highest BCUT2D eigenvalue weighted by molar-refractivity contribution is 6.02. The van der Waals surface area contributed by atoms with Gasteiger partial charge in [0, 0.05) is 38.8 Å². The second-order valence-corrected chi connectivity index (χ2v) is 14.0. The van der Waals surface area contributed by atoms with Gasteiger partial charge in [-0.2, -0.15) is 0 Å². The molecule has 0 saturated carbocycles. The van der Waals surface area contributed by atoms with Crippen LogP contribution in [0.5, 0.6) is 5.75 Å². The monoisotopic (exact) mass is 679 g/mol. The molecule has 0 bridgehead atoms. The van der Waals surface area contributed by atoms with E-state index in [2.05, 4.69) is 11.9 Å². The molecular formula is C38H41F4N3O4. The van der Waals surface area contributed by atoms with E-state index in [1.165, 1.54) is 36.3 Å². The lowest BCUT2D eigenvalue weighted by Gasteiger charge is -2.43. The largest absolute Gasteiger partial charge is 0.484 e. The first-order chi connectivity index (χ1) is 23.3. The fourth-order valence-corrected chi connectivity index (χ4v) is 7.85. The molecule has 3 aliphatic rings. The van der Waals surface area contributed by atoms with E-state index in [9.17, 15) is 22.8 Å². The number of nitrogens with zero attached hydrogens (tertiary/aromatic N) is 2. The predicted octanol–water partition coefficient (Wildman–Crippen LogP) is 6.72. The van der Waals surface area contributed by atoms with Crippen molar-refractivity contribution in [3.05, 3.63) is 101 Å². The van der Waals surface area contributed by atoms with Crippen LogP contribution in [0.4, 0.5) is 28.9 Å². The molecule has 2 atom stereocenters. The third-order valence-corrected chi connectivity index (χ3v) is 10.0. The summed E-state index contributed by atoms with van der Waals surface area (Å²) in [5, 5.41) is 2.99. The summed E-state index contributed by atoms with van der Waals surface area (Å²) in [6.07, 6.45) is 3.49. The fourth-order valence-electron chi connectivity index (χ4n) is 7.85. The van der Waals surface area contributed by atoms with Crippen LogP contribution in [0.2, 0.25) is 0 Å². The number of fused-ring (bicyclic) bond motifs is 3. The smallest absolute Gasteiger partial charge is 0.250 e. The number of hydrogen-bond acceptors (Lipinski definition) is 5. The molecule has 2 aliphatic heterocycles. The Bertz CT molecular complexity index is 1770. The second kappa shape index (κ2) is 13.5. The van der Waals surface area contributed by atoms with Crippen molar-refractivity contribution in [1.82, 2.24) is 5.32 Å². The third-order valence-electron chi connectivity index (χ3n) is 10.0. The van der Waals surface area contributed by atoms with Crippen LogP contribution in [0.1, 0.15) is 62.1 Å². The summed E-state index contributed by atoms with van der Waals surface area (Å²) in [7, 11) is 1.50. The van der Waals surface area contributed by atoms with Crippen molar-refractivity contribution in [2.24, 2.45) is 0 Å². The maximum Gasteiger partial charge on any atom is 0.250 e. The Morgan fingerprint density at radius 3 is 2.47 bits per heavy atom. The minimum atomic E-state index is -0.954. The Labute approximate surface area is 283 Å². The van der Waals surface area contributed by atoms with Gasteiger partial charge >= 0.3 is 0 Å². The van der Waals surface area contributed by atoms with Gasteiger partial charge in [-0.1, -0.05) is 18.7 Å². The van der Waals surface area contributed by atoms with Gasteiger partial charge in [0.15, 0.2) is 11.6 Å². The molecule has 1 N–H and O–H groups in total. The number of rotatable bonds is 9. The van der Waals surface area contributed by atoms with Crippen LogP contribution in [-0.4, -0.2) is 56.8 Å². The molecule has 2 heterocycles. The normalized spacial score (nSPS) is 19.5. The predicted molar refractivity (Wildman–Crippen MR) is 179 cm³/mol. The highest BCUT2D eigenvalue weighted by Crippen LogP contribution is 2.53. The molecule has 1 saturated heterocycles. The summed E-state index contributed by atoms with van der Waals surface area (Å²) in [6.45, 7) is 8.74. The van der Waals surface area contributed by atoms with Gasteiger partial charge in [-0.05, 0) is 97.9 Å². The lowest BCUT2D eigenvalue weighted by atomic mass is 9.73. The number of anilines is 2. The SMILES string of the molecule is C=CC(=O)N1CC(C)(C)Oc2cc(N3CCC4(CC3)C[C@@H](CC(=O)N[C@@H](COC)Cc3ccc(F)c(F)c3)c3ccc(F)cc34)c(F)cc21. The number of amides is 2. The molecule has 0 unspecified atom stereocenters. The molecule has 0 aromatic heterocycles. The van der Waals surface area contributed by atoms with Gasteiger partial charge in [0.2, 0.25) is 5.91 Å². The van der Waals surface area contributed by atoms with Gasteiger partial charge in [-0.3, -0.25) is 9.59 Å². The number of carbonyl (C=O) groups excluding carboxylic acids is 2. The fraction of sp³-hybridized carbons (Fsp3) is 0.421. The second-order valence-electron chi connectivity index (χ2n) is 14.0. The van der Waals surface area contributed by atoms with Crippen LogP contribution in [0, 0.1) is 23.3 Å². The zero-order chi connectivity index (χ0) is 35.1. The first kappa shape index (κ1) is 34.5. The molecule has 11 heteroatoms. The van der Waals surface area contributed by atoms with Crippen molar-refractivity contribution in [3.8, 4) is 5.75 Å². The zero-order valence-corrected chi connectivity index (χ0v) is 28.0. The number of methoxy groups -OCH3 is 1. The first-order valence-corrected chi connectivity index (χ1v) is 16.5. The molecule has 49 heavy (non-hydrogen) atoms. The Balaban J connectivity index is 1.17. The van der Waals surface area contributed by atoms with Gasteiger partial charge in [0.25, 0.3) is 5.91 Å². The molecule has 1 aliphatic carbocycles. The molecule has 0 radical (unpaired) electrons. The maximum absolute atomic E-state index is 15.7.